The lowest BCUT2D eigenvalue weighted by atomic mass is 9.79. The molecule has 6 heteroatoms. The minimum atomic E-state index is 0.0226. The lowest BCUT2D eigenvalue weighted by Crippen LogP contribution is -2.47. The number of amides is 1. The zero-order chi connectivity index (χ0) is 18.5. The Balaban J connectivity index is 1.63. The molecule has 5 nitrogen and oxygen atoms in total. The number of nitrogens with zero attached hydrogens (tertiary/aromatic N) is 2. The molecule has 0 aromatic carbocycles. The second kappa shape index (κ2) is 8.89. The Labute approximate surface area is 161 Å². The monoisotopic (exact) mass is 376 g/mol. The van der Waals surface area contributed by atoms with Crippen LogP contribution < -0.4 is 10.6 Å². The van der Waals surface area contributed by atoms with E-state index in [4.69, 9.17) is 0 Å². The van der Waals surface area contributed by atoms with Crippen molar-refractivity contribution in [3.63, 3.8) is 0 Å². The maximum absolute atomic E-state index is 12.0. The topological polar surface area (TPSA) is 56.7 Å². The van der Waals surface area contributed by atoms with E-state index < -0.39 is 0 Å². The molecule has 1 aromatic heterocycles. The first-order valence-electron chi connectivity index (χ1n) is 9.84. The van der Waals surface area contributed by atoms with Crippen molar-refractivity contribution >= 4 is 23.2 Å². The highest BCUT2D eigenvalue weighted by Gasteiger charge is 2.34. The van der Waals surface area contributed by atoms with Crippen molar-refractivity contribution in [2.75, 3.05) is 20.6 Å². The van der Waals surface area contributed by atoms with Gasteiger partial charge < -0.3 is 15.5 Å². The molecule has 1 heterocycles. The Kier molecular flexibility index (Phi) is 6.57. The quantitative estimate of drug-likeness (QED) is 0.612. The molecule has 2 aliphatic rings. The van der Waals surface area contributed by atoms with Gasteiger partial charge in [0, 0.05) is 25.0 Å². The van der Waals surface area contributed by atoms with Crippen LogP contribution in [0.2, 0.25) is 0 Å². The molecule has 2 fully saturated rings. The standard InChI is InChI=1S/C20H32N4OS/c1-14(18-8-5-11-26-18)22-20(21-13-19(25)24(2)3)23-17-10-9-15-6-4-7-16(15)12-17/h5,8,11,14-17H,4,6-7,9-10,12-13H2,1-3H3,(H2,21,22,23). The summed E-state index contributed by atoms with van der Waals surface area (Å²) in [6.45, 7) is 2.32. The van der Waals surface area contributed by atoms with Crippen molar-refractivity contribution in [1.82, 2.24) is 15.5 Å². The lowest BCUT2D eigenvalue weighted by Gasteiger charge is -2.33. The van der Waals surface area contributed by atoms with E-state index in [0.29, 0.717) is 6.04 Å². The summed E-state index contributed by atoms with van der Waals surface area (Å²) in [6, 6.07) is 4.85. The molecule has 2 N–H and O–H groups in total. The van der Waals surface area contributed by atoms with E-state index in [9.17, 15) is 4.79 Å². The SMILES string of the molecule is CC(NC(=NCC(=O)N(C)C)NC1CCC2CCCC2C1)c1cccs1. The number of fused-ring (bicyclic) bond motifs is 1. The first-order valence-corrected chi connectivity index (χ1v) is 10.7. The van der Waals surface area contributed by atoms with Crippen molar-refractivity contribution in [2.24, 2.45) is 16.8 Å². The van der Waals surface area contributed by atoms with Gasteiger partial charge in [-0.2, -0.15) is 0 Å². The molecule has 0 bridgehead atoms. The van der Waals surface area contributed by atoms with E-state index in [1.165, 1.54) is 43.4 Å². The number of hydrogen-bond donors (Lipinski definition) is 2. The number of guanidine groups is 1. The number of carbonyl (C=O) groups excluding carboxylic acids is 1. The first kappa shape index (κ1) is 19.2. The van der Waals surface area contributed by atoms with Crippen LogP contribution in [0.25, 0.3) is 0 Å². The molecule has 4 unspecified atom stereocenters. The summed E-state index contributed by atoms with van der Waals surface area (Å²) in [7, 11) is 3.54. The third-order valence-electron chi connectivity index (χ3n) is 5.82. The molecular formula is C20H32N4OS. The van der Waals surface area contributed by atoms with Gasteiger partial charge in [0.25, 0.3) is 0 Å². The van der Waals surface area contributed by atoms with Crippen molar-refractivity contribution in [1.29, 1.82) is 0 Å². The Morgan fingerprint density at radius 2 is 2.12 bits per heavy atom. The molecule has 26 heavy (non-hydrogen) atoms. The van der Waals surface area contributed by atoms with Crippen molar-refractivity contribution < 1.29 is 4.79 Å². The van der Waals surface area contributed by atoms with Crippen LogP contribution in [-0.4, -0.2) is 43.4 Å². The summed E-state index contributed by atoms with van der Waals surface area (Å²) >= 11 is 1.74. The van der Waals surface area contributed by atoms with Crippen LogP contribution in [0.5, 0.6) is 0 Å². The number of nitrogens with one attached hydrogen (secondary N) is 2. The van der Waals surface area contributed by atoms with Gasteiger partial charge in [-0.25, -0.2) is 4.99 Å². The van der Waals surface area contributed by atoms with E-state index in [-0.39, 0.29) is 18.5 Å². The highest BCUT2D eigenvalue weighted by Crippen LogP contribution is 2.42. The van der Waals surface area contributed by atoms with Gasteiger partial charge >= 0.3 is 0 Å². The number of carbonyl (C=O) groups is 1. The number of hydrogen-bond acceptors (Lipinski definition) is 3. The molecule has 0 radical (unpaired) electrons. The average molecular weight is 377 g/mol. The van der Waals surface area contributed by atoms with Gasteiger partial charge in [-0.15, -0.1) is 11.3 Å². The fourth-order valence-electron chi connectivity index (χ4n) is 4.26. The normalized spacial score (nSPS) is 26.9. The fraction of sp³-hybridized carbons (Fsp3) is 0.700. The Bertz CT molecular complexity index is 613. The maximum atomic E-state index is 12.0. The summed E-state index contributed by atoms with van der Waals surface area (Å²) in [4.78, 5) is 19.4. The first-order chi connectivity index (χ1) is 12.5. The van der Waals surface area contributed by atoms with Crippen LogP contribution in [0.4, 0.5) is 0 Å². The number of likely N-dealkylation sites (N-methyl/N-ethyl adjacent to an activating group) is 1. The molecule has 1 aromatic rings. The summed E-state index contributed by atoms with van der Waals surface area (Å²) in [5.74, 6) is 2.61. The van der Waals surface area contributed by atoms with Crippen molar-refractivity contribution in [2.45, 2.75) is 57.5 Å². The summed E-state index contributed by atoms with van der Waals surface area (Å²) < 4.78 is 0. The third kappa shape index (κ3) is 5.00. The summed E-state index contributed by atoms with van der Waals surface area (Å²) in [5.41, 5.74) is 0. The predicted octanol–water partition coefficient (Wildman–Crippen LogP) is 3.40. The highest BCUT2D eigenvalue weighted by atomic mass is 32.1. The van der Waals surface area contributed by atoms with Crippen LogP contribution in [0.15, 0.2) is 22.5 Å². The molecule has 0 aliphatic heterocycles. The predicted molar refractivity (Wildman–Crippen MR) is 108 cm³/mol. The lowest BCUT2D eigenvalue weighted by molar-refractivity contribution is -0.127. The third-order valence-corrected chi connectivity index (χ3v) is 6.88. The van der Waals surface area contributed by atoms with Crippen LogP contribution >= 0.6 is 11.3 Å². The van der Waals surface area contributed by atoms with Gasteiger partial charge in [0.1, 0.15) is 6.54 Å². The second-order valence-corrected chi connectivity index (χ2v) is 8.92. The van der Waals surface area contributed by atoms with Crippen LogP contribution in [-0.2, 0) is 4.79 Å². The molecule has 2 aliphatic carbocycles. The van der Waals surface area contributed by atoms with Crippen LogP contribution in [0.1, 0.15) is 56.4 Å². The Hall–Kier alpha value is -1.56. The molecular weight excluding hydrogens is 344 g/mol. The van der Waals surface area contributed by atoms with E-state index in [1.807, 2.05) is 0 Å². The smallest absolute Gasteiger partial charge is 0.243 e. The minimum absolute atomic E-state index is 0.0226. The fourth-order valence-corrected chi connectivity index (χ4v) is 5.00. The van der Waals surface area contributed by atoms with Crippen molar-refractivity contribution in [3.8, 4) is 0 Å². The van der Waals surface area contributed by atoms with Crippen LogP contribution in [0, 0.1) is 11.8 Å². The van der Waals surface area contributed by atoms with Gasteiger partial charge in [0.05, 0.1) is 6.04 Å². The second-order valence-electron chi connectivity index (χ2n) is 7.94. The molecule has 144 valence electrons. The van der Waals surface area contributed by atoms with Gasteiger partial charge in [-0.3, -0.25) is 4.79 Å². The average Bonchev–Trinajstić information content (AvgIpc) is 3.30. The van der Waals surface area contributed by atoms with Gasteiger partial charge in [-0.05, 0) is 49.5 Å². The number of thiophene rings is 1. The summed E-state index contributed by atoms with van der Waals surface area (Å²) in [5, 5.41) is 9.22. The Morgan fingerprint density at radius 1 is 1.31 bits per heavy atom. The Morgan fingerprint density at radius 3 is 2.85 bits per heavy atom. The van der Waals surface area contributed by atoms with E-state index >= 15 is 0 Å². The molecule has 0 spiro atoms. The molecule has 0 saturated heterocycles. The van der Waals surface area contributed by atoms with Gasteiger partial charge in [0.15, 0.2) is 5.96 Å². The maximum Gasteiger partial charge on any atom is 0.243 e. The molecule has 2 saturated carbocycles. The van der Waals surface area contributed by atoms with Crippen LogP contribution in [0.3, 0.4) is 0 Å². The van der Waals surface area contributed by atoms with E-state index in [0.717, 1.165) is 17.8 Å². The molecule has 1 amide bonds. The molecule has 3 rings (SSSR count). The zero-order valence-corrected chi connectivity index (χ0v) is 17.0. The minimum Gasteiger partial charge on any atom is -0.354 e. The van der Waals surface area contributed by atoms with E-state index in [1.54, 1.807) is 30.3 Å². The van der Waals surface area contributed by atoms with E-state index in [2.05, 4.69) is 40.1 Å². The van der Waals surface area contributed by atoms with Gasteiger partial charge in [0.2, 0.25) is 5.91 Å². The van der Waals surface area contributed by atoms with Crippen molar-refractivity contribution in [3.05, 3.63) is 22.4 Å². The zero-order valence-electron chi connectivity index (χ0n) is 16.2. The van der Waals surface area contributed by atoms with Gasteiger partial charge in [-0.1, -0.05) is 25.3 Å². The largest absolute Gasteiger partial charge is 0.354 e. The summed E-state index contributed by atoms with van der Waals surface area (Å²) in [6.07, 6.45) is 7.97. The molecule has 4 atom stereocenters. The number of aliphatic imine (C=N–C) groups is 1. The highest BCUT2D eigenvalue weighted by molar-refractivity contribution is 7.10. The number of rotatable bonds is 5.